The fourth-order valence-corrected chi connectivity index (χ4v) is 3.01. The summed E-state index contributed by atoms with van der Waals surface area (Å²) in [4.78, 5) is 42.3. The Morgan fingerprint density at radius 2 is 1.96 bits per heavy atom. The number of nitrogens with one attached hydrogen (secondary N) is 1. The second kappa shape index (κ2) is 6.53. The number of fused-ring (bicyclic) bond motifs is 1. The van der Waals surface area contributed by atoms with E-state index in [1.165, 1.54) is 15.8 Å². The number of rotatable bonds is 3. The number of anilines is 2. The predicted molar refractivity (Wildman–Crippen MR) is 101 cm³/mol. The van der Waals surface area contributed by atoms with Crippen molar-refractivity contribution in [2.45, 2.75) is 32.8 Å². The van der Waals surface area contributed by atoms with Gasteiger partial charge in [-0.3, -0.25) is 14.4 Å². The molecule has 2 amide bonds. The lowest BCUT2D eigenvalue weighted by Crippen LogP contribution is -2.50. The Bertz CT molecular complexity index is 994. The van der Waals surface area contributed by atoms with Gasteiger partial charge in [0, 0.05) is 31.4 Å². The first kappa shape index (κ1) is 18.6. The normalized spacial score (nSPS) is 15.1. The van der Waals surface area contributed by atoms with Gasteiger partial charge in [-0.2, -0.15) is 0 Å². The van der Waals surface area contributed by atoms with Gasteiger partial charge >= 0.3 is 0 Å². The molecule has 8 heteroatoms. The molecule has 0 fully saturated rings. The maximum absolute atomic E-state index is 12.4. The highest BCUT2D eigenvalue weighted by Gasteiger charge is 2.39. The molecule has 1 aliphatic rings. The van der Waals surface area contributed by atoms with E-state index in [1.807, 2.05) is 0 Å². The van der Waals surface area contributed by atoms with Crippen molar-refractivity contribution < 1.29 is 14.3 Å². The zero-order chi connectivity index (χ0) is 19.9. The smallest absolute Gasteiger partial charge is 0.270 e. The predicted octanol–water partition coefficient (Wildman–Crippen LogP) is 1.40. The fraction of sp³-hybridized carbons (Fsp3) is 0.368. The molecule has 1 aromatic heterocycles. The first-order valence-corrected chi connectivity index (χ1v) is 8.52. The number of carbonyl (C=O) groups excluding carboxylic acids is 2. The quantitative estimate of drug-likeness (QED) is 0.882. The minimum Gasteiger partial charge on any atom is -0.476 e. The van der Waals surface area contributed by atoms with Gasteiger partial charge in [-0.05, 0) is 32.9 Å². The van der Waals surface area contributed by atoms with Crippen molar-refractivity contribution in [1.82, 2.24) is 9.55 Å². The van der Waals surface area contributed by atoms with Crippen molar-refractivity contribution in [3.8, 4) is 5.75 Å². The monoisotopic (exact) mass is 370 g/mol. The van der Waals surface area contributed by atoms with Crippen molar-refractivity contribution in [3.63, 3.8) is 0 Å². The van der Waals surface area contributed by atoms with E-state index >= 15 is 0 Å². The van der Waals surface area contributed by atoms with E-state index in [9.17, 15) is 14.4 Å². The topological polar surface area (TPSA) is 93.5 Å². The molecule has 3 rings (SSSR count). The Labute approximate surface area is 156 Å². The molecule has 2 heterocycles. The highest BCUT2D eigenvalue weighted by molar-refractivity contribution is 6.02. The maximum atomic E-state index is 12.4. The number of carbonyl (C=O) groups is 2. The van der Waals surface area contributed by atoms with E-state index in [0.717, 1.165) is 0 Å². The van der Waals surface area contributed by atoms with Crippen LogP contribution in [0.1, 0.15) is 25.1 Å². The summed E-state index contributed by atoms with van der Waals surface area (Å²) < 4.78 is 7.16. The number of hydrogen-bond donors (Lipinski definition) is 1. The van der Waals surface area contributed by atoms with Gasteiger partial charge in [0.2, 0.25) is 5.91 Å². The number of hydrogen-bond acceptors (Lipinski definition) is 5. The van der Waals surface area contributed by atoms with Crippen molar-refractivity contribution in [2.75, 3.05) is 17.3 Å². The van der Waals surface area contributed by atoms with Gasteiger partial charge < -0.3 is 19.5 Å². The second-order valence-electron chi connectivity index (χ2n) is 7.12. The second-order valence-corrected chi connectivity index (χ2v) is 7.12. The van der Waals surface area contributed by atoms with E-state index < -0.39 is 5.60 Å². The third kappa shape index (κ3) is 3.42. The summed E-state index contributed by atoms with van der Waals surface area (Å²) in [7, 11) is 3.30. The molecular formula is C19H22N4O4. The molecule has 0 bridgehead atoms. The zero-order valence-electron chi connectivity index (χ0n) is 16.0. The van der Waals surface area contributed by atoms with Crippen molar-refractivity contribution in [3.05, 3.63) is 46.1 Å². The molecule has 0 spiro atoms. The highest BCUT2D eigenvalue weighted by atomic mass is 16.5. The summed E-state index contributed by atoms with van der Waals surface area (Å²) in [5, 5.41) is 2.78. The van der Waals surface area contributed by atoms with Crippen LogP contribution >= 0.6 is 0 Å². The van der Waals surface area contributed by atoms with Crippen molar-refractivity contribution >= 4 is 23.2 Å². The van der Waals surface area contributed by atoms with Gasteiger partial charge in [-0.25, -0.2) is 4.98 Å². The van der Waals surface area contributed by atoms with Gasteiger partial charge in [0.1, 0.15) is 5.75 Å². The number of likely N-dealkylation sites (N-methyl/N-ethyl adjacent to an activating group) is 1. The van der Waals surface area contributed by atoms with Crippen LogP contribution in [-0.2, 0) is 23.1 Å². The molecule has 0 radical (unpaired) electrons. The van der Waals surface area contributed by atoms with Gasteiger partial charge in [-0.15, -0.1) is 0 Å². The number of aryl methyl sites for hydroxylation is 1. The summed E-state index contributed by atoms with van der Waals surface area (Å²) >= 11 is 0. The summed E-state index contributed by atoms with van der Waals surface area (Å²) in [5.74, 6) is 0.0834. The molecule has 1 aromatic carbocycles. The first-order valence-electron chi connectivity index (χ1n) is 8.52. The zero-order valence-corrected chi connectivity index (χ0v) is 16.0. The van der Waals surface area contributed by atoms with Crippen molar-refractivity contribution in [2.24, 2.45) is 7.05 Å². The fourth-order valence-electron chi connectivity index (χ4n) is 3.01. The minimum atomic E-state index is -0.977. The van der Waals surface area contributed by atoms with Crippen LogP contribution in [0.15, 0.2) is 29.3 Å². The number of aromatic nitrogens is 2. The Kier molecular flexibility index (Phi) is 4.51. The number of amides is 2. The third-order valence-electron chi connectivity index (χ3n) is 4.58. The van der Waals surface area contributed by atoms with Crippen LogP contribution in [0.3, 0.4) is 0 Å². The van der Waals surface area contributed by atoms with Gasteiger partial charge in [-0.1, -0.05) is 0 Å². The molecule has 0 saturated heterocycles. The van der Waals surface area contributed by atoms with Crippen LogP contribution in [0.5, 0.6) is 5.75 Å². The summed E-state index contributed by atoms with van der Waals surface area (Å²) in [6, 6.07) is 5.11. The maximum Gasteiger partial charge on any atom is 0.270 e. The van der Waals surface area contributed by atoms with Gasteiger partial charge in [0.25, 0.3) is 11.5 Å². The molecule has 2 aromatic rings. The molecule has 8 nitrogen and oxygen atoms in total. The molecule has 0 atom stereocenters. The van der Waals surface area contributed by atoms with E-state index in [-0.39, 0.29) is 23.8 Å². The molecule has 0 saturated carbocycles. The van der Waals surface area contributed by atoms with E-state index in [2.05, 4.69) is 10.3 Å². The number of benzene rings is 1. The lowest BCUT2D eigenvalue weighted by molar-refractivity contribution is -0.132. The number of nitrogens with zero attached hydrogens (tertiary/aromatic N) is 3. The Morgan fingerprint density at radius 3 is 2.67 bits per heavy atom. The van der Waals surface area contributed by atoms with Crippen molar-refractivity contribution in [1.29, 1.82) is 0 Å². The molecule has 1 N–H and O–H groups in total. The largest absolute Gasteiger partial charge is 0.476 e. The lowest BCUT2D eigenvalue weighted by Gasteiger charge is -2.37. The molecule has 142 valence electrons. The van der Waals surface area contributed by atoms with E-state index in [0.29, 0.717) is 28.4 Å². The van der Waals surface area contributed by atoms with Crippen LogP contribution in [0.25, 0.3) is 0 Å². The van der Waals surface area contributed by atoms with Crippen LogP contribution in [0, 0.1) is 6.92 Å². The minimum absolute atomic E-state index is 0.0102. The van der Waals surface area contributed by atoms with E-state index in [4.69, 9.17) is 4.74 Å². The Balaban J connectivity index is 1.79. The molecule has 27 heavy (non-hydrogen) atoms. The van der Waals surface area contributed by atoms with Gasteiger partial charge in [0.15, 0.2) is 5.60 Å². The summed E-state index contributed by atoms with van der Waals surface area (Å²) in [6.45, 7) is 5.05. The van der Waals surface area contributed by atoms with Crippen LogP contribution < -0.4 is 20.5 Å². The molecule has 1 aliphatic heterocycles. The van der Waals surface area contributed by atoms with Crippen LogP contribution in [-0.4, -0.2) is 34.0 Å². The Morgan fingerprint density at radius 1 is 1.26 bits per heavy atom. The average molecular weight is 370 g/mol. The van der Waals surface area contributed by atoms with E-state index in [1.54, 1.807) is 53.1 Å². The molecule has 0 aliphatic carbocycles. The average Bonchev–Trinajstić information content (AvgIpc) is 2.60. The van der Waals surface area contributed by atoms with Crippen LogP contribution in [0.4, 0.5) is 11.4 Å². The van der Waals surface area contributed by atoms with Crippen LogP contribution in [0.2, 0.25) is 0 Å². The number of ether oxygens (including phenoxy) is 1. The summed E-state index contributed by atoms with van der Waals surface area (Å²) in [6.07, 6.45) is 1.39. The third-order valence-corrected chi connectivity index (χ3v) is 4.58. The summed E-state index contributed by atoms with van der Waals surface area (Å²) in [5.41, 5.74) is 0.919. The lowest BCUT2D eigenvalue weighted by atomic mass is 10.0. The molecular weight excluding hydrogens is 348 g/mol. The SMILES string of the molecule is Cc1c(CC(=O)Nc2ccc3c(c2)OC(C)(C)C(=O)N3C)ncn(C)c1=O. The highest BCUT2D eigenvalue weighted by Crippen LogP contribution is 2.38. The first-order chi connectivity index (χ1) is 12.6. The Hall–Kier alpha value is -3.16. The molecule has 0 unspecified atom stereocenters. The standard InChI is InChI=1S/C19H22N4O4/c1-11-13(20-10-22(4)17(11)25)9-16(24)21-12-6-7-14-15(8-12)27-19(2,3)18(26)23(14)5/h6-8,10H,9H2,1-5H3,(H,21,24). The van der Waals surface area contributed by atoms with Gasteiger partial charge in [0.05, 0.1) is 24.1 Å².